The third kappa shape index (κ3) is 6.04. The maximum Gasteiger partial charge on any atom is 0.428 e. The van der Waals surface area contributed by atoms with Crippen molar-refractivity contribution in [2.45, 2.75) is 39.2 Å². The van der Waals surface area contributed by atoms with Crippen molar-refractivity contribution < 1.29 is 19.1 Å². The van der Waals surface area contributed by atoms with Gasteiger partial charge in [0, 0.05) is 30.3 Å². The number of carbonyl (C=O) groups is 2. The molecule has 3 amide bonds. The van der Waals surface area contributed by atoms with Crippen LogP contribution in [0.2, 0.25) is 0 Å². The van der Waals surface area contributed by atoms with Crippen molar-refractivity contribution in [2.75, 3.05) is 16.8 Å². The van der Waals surface area contributed by atoms with Gasteiger partial charge in [0.15, 0.2) is 11.5 Å². The molecule has 3 aromatic carbocycles. The zero-order chi connectivity index (χ0) is 27.9. The summed E-state index contributed by atoms with van der Waals surface area (Å²) < 4.78 is 13.3. The Morgan fingerprint density at radius 3 is 2.42 bits per heavy atom. The number of fused-ring (bicyclic) bond motifs is 1. The van der Waals surface area contributed by atoms with Crippen molar-refractivity contribution in [3.8, 4) is 22.8 Å². The third-order valence-corrected chi connectivity index (χ3v) is 6.53. The van der Waals surface area contributed by atoms with Gasteiger partial charge in [0.05, 0.1) is 18.0 Å². The van der Waals surface area contributed by atoms with Gasteiger partial charge in [-0.25, -0.2) is 14.6 Å². The lowest BCUT2D eigenvalue weighted by Crippen LogP contribution is -2.42. The number of aromatic nitrogens is 2. The van der Waals surface area contributed by atoms with E-state index < -0.39 is 12.1 Å². The van der Waals surface area contributed by atoms with Gasteiger partial charge in [-0.1, -0.05) is 42.8 Å². The van der Waals surface area contributed by atoms with Gasteiger partial charge in [0.25, 0.3) is 5.56 Å². The first-order valence-electron chi connectivity index (χ1n) is 13.3. The summed E-state index contributed by atoms with van der Waals surface area (Å²) in [5.74, 6) is 1.20. The molecule has 0 spiro atoms. The van der Waals surface area contributed by atoms with Crippen LogP contribution in [0, 0.1) is 0 Å². The summed E-state index contributed by atoms with van der Waals surface area (Å²) in [6.45, 7) is 2.80. The SMILES string of the molecule is CCOc1cc(-c2cc(=O)n3c(n2)CCCCC3)ccc1OC(=O)N(C(=O)Nc1ccccc1)c1ccccc1. The molecule has 0 unspecified atom stereocenters. The number of nitrogens with zero attached hydrogens (tertiary/aromatic N) is 3. The van der Waals surface area contributed by atoms with Gasteiger partial charge in [-0.3, -0.25) is 9.36 Å². The minimum atomic E-state index is -0.908. The van der Waals surface area contributed by atoms with E-state index in [1.807, 2.05) is 13.0 Å². The highest BCUT2D eigenvalue weighted by atomic mass is 16.6. The van der Waals surface area contributed by atoms with Crippen molar-refractivity contribution in [2.24, 2.45) is 0 Å². The molecule has 0 saturated heterocycles. The molecule has 0 atom stereocenters. The van der Waals surface area contributed by atoms with Crippen LogP contribution in [0.4, 0.5) is 21.0 Å². The number of nitrogens with one attached hydrogen (secondary N) is 1. The average Bonchev–Trinajstić information content (AvgIpc) is 3.21. The molecule has 1 aliphatic rings. The van der Waals surface area contributed by atoms with Crippen LogP contribution in [-0.2, 0) is 13.0 Å². The summed E-state index contributed by atoms with van der Waals surface area (Å²) >= 11 is 0. The predicted molar refractivity (Wildman–Crippen MR) is 153 cm³/mol. The molecular weight excluding hydrogens is 508 g/mol. The normalized spacial score (nSPS) is 12.5. The molecule has 0 saturated carbocycles. The lowest BCUT2D eigenvalue weighted by molar-refractivity contribution is 0.203. The van der Waals surface area contributed by atoms with E-state index in [9.17, 15) is 14.4 Å². The van der Waals surface area contributed by atoms with Crippen LogP contribution < -0.4 is 25.2 Å². The molecule has 2 heterocycles. The molecule has 9 nitrogen and oxygen atoms in total. The number of aryl methyl sites for hydroxylation is 1. The minimum absolute atomic E-state index is 0.0849. The molecular formula is C31H30N4O5. The number of hydrogen-bond acceptors (Lipinski definition) is 6. The Kier molecular flexibility index (Phi) is 8.20. The van der Waals surface area contributed by atoms with Gasteiger partial charge in [0.1, 0.15) is 5.82 Å². The zero-order valence-corrected chi connectivity index (χ0v) is 22.2. The molecule has 40 heavy (non-hydrogen) atoms. The first-order valence-corrected chi connectivity index (χ1v) is 13.3. The molecule has 0 fully saturated rings. The fourth-order valence-electron chi connectivity index (χ4n) is 4.60. The number of carbonyl (C=O) groups excluding carboxylic acids is 2. The molecule has 204 valence electrons. The third-order valence-electron chi connectivity index (χ3n) is 6.53. The molecule has 9 heteroatoms. The Morgan fingerprint density at radius 2 is 1.68 bits per heavy atom. The van der Waals surface area contributed by atoms with Crippen molar-refractivity contribution in [1.82, 2.24) is 9.55 Å². The van der Waals surface area contributed by atoms with Gasteiger partial charge in [-0.05, 0) is 62.2 Å². The molecule has 1 aliphatic heterocycles. The monoisotopic (exact) mass is 538 g/mol. The number of anilines is 2. The number of para-hydroxylation sites is 2. The number of ether oxygens (including phenoxy) is 2. The Labute approximate surface area is 232 Å². The standard InChI is InChI=1S/C31H30N4O5/c1-2-39-27-20-22(25-21-29(36)34-19-11-5-10-16-28(34)33-25)17-18-26(27)40-31(38)35(24-14-8-4-9-15-24)30(37)32-23-12-6-3-7-13-23/h3-4,6-9,12-15,17-18,20-21H,2,5,10-11,16,19H2,1H3,(H,32,37). The van der Waals surface area contributed by atoms with E-state index in [0.717, 1.165) is 36.4 Å². The van der Waals surface area contributed by atoms with Crippen molar-refractivity contribution in [3.05, 3.63) is 101 Å². The summed E-state index contributed by atoms with van der Waals surface area (Å²) in [6.07, 6.45) is 2.86. The van der Waals surface area contributed by atoms with Crippen molar-refractivity contribution in [3.63, 3.8) is 0 Å². The topological polar surface area (TPSA) is 103 Å². The molecule has 0 radical (unpaired) electrons. The molecule has 0 bridgehead atoms. The number of amides is 3. The molecule has 5 rings (SSSR count). The Hall–Kier alpha value is -4.92. The Bertz CT molecular complexity index is 1550. The fraction of sp³-hybridized carbons (Fsp3) is 0.226. The number of hydrogen-bond donors (Lipinski definition) is 1. The van der Waals surface area contributed by atoms with Crippen LogP contribution in [0.15, 0.2) is 89.7 Å². The maximum absolute atomic E-state index is 13.4. The van der Waals surface area contributed by atoms with E-state index in [4.69, 9.17) is 14.5 Å². The first-order chi connectivity index (χ1) is 19.5. The second-order valence-electron chi connectivity index (χ2n) is 9.29. The molecule has 4 aromatic rings. The zero-order valence-electron chi connectivity index (χ0n) is 22.2. The average molecular weight is 539 g/mol. The highest BCUT2D eigenvalue weighted by Crippen LogP contribution is 2.33. The predicted octanol–water partition coefficient (Wildman–Crippen LogP) is 6.27. The Morgan fingerprint density at radius 1 is 0.925 bits per heavy atom. The number of imide groups is 1. The first kappa shape index (κ1) is 26.7. The molecule has 0 aliphatic carbocycles. The lowest BCUT2D eigenvalue weighted by Gasteiger charge is -2.21. The van der Waals surface area contributed by atoms with Gasteiger partial charge in [-0.2, -0.15) is 4.90 Å². The van der Waals surface area contributed by atoms with Crippen LogP contribution in [0.5, 0.6) is 11.5 Å². The van der Waals surface area contributed by atoms with E-state index >= 15 is 0 Å². The van der Waals surface area contributed by atoms with Crippen LogP contribution >= 0.6 is 0 Å². The highest BCUT2D eigenvalue weighted by molar-refractivity contribution is 6.16. The molecule has 1 aromatic heterocycles. The van der Waals surface area contributed by atoms with Crippen LogP contribution in [0.1, 0.15) is 32.0 Å². The van der Waals surface area contributed by atoms with Gasteiger partial charge in [0.2, 0.25) is 0 Å². The van der Waals surface area contributed by atoms with E-state index in [0.29, 0.717) is 41.5 Å². The number of rotatable bonds is 6. The summed E-state index contributed by atoms with van der Waals surface area (Å²) in [4.78, 5) is 45.1. The van der Waals surface area contributed by atoms with Crippen molar-refractivity contribution in [1.29, 1.82) is 0 Å². The highest BCUT2D eigenvalue weighted by Gasteiger charge is 2.27. The largest absolute Gasteiger partial charge is 0.490 e. The number of urea groups is 1. The summed E-state index contributed by atoms with van der Waals surface area (Å²) in [6, 6.07) is 23.2. The van der Waals surface area contributed by atoms with Gasteiger partial charge >= 0.3 is 12.1 Å². The quantitative estimate of drug-likeness (QED) is 0.310. The Balaban J connectivity index is 1.44. The minimum Gasteiger partial charge on any atom is -0.490 e. The van der Waals surface area contributed by atoms with Gasteiger partial charge < -0.3 is 14.8 Å². The van der Waals surface area contributed by atoms with Crippen LogP contribution in [-0.4, -0.2) is 28.3 Å². The van der Waals surface area contributed by atoms with Crippen molar-refractivity contribution >= 4 is 23.5 Å². The van der Waals surface area contributed by atoms with Crippen LogP contribution in [0.25, 0.3) is 11.3 Å². The van der Waals surface area contributed by atoms with E-state index in [-0.39, 0.29) is 11.3 Å². The van der Waals surface area contributed by atoms with E-state index in [2.05, 4.69) is 5.32 Å². The second-order valence-corrected chi connectivity index (χ2v) is 9.29. The fourth-order valence-corrected chi connectivity index (χ4v) is 4.60. The summed E-state index contributed by atoms with van der Waals surface area (Å²) in [5, 5.41) is 2.73. The van der Waals surface area contributed by atoms with E-state index in [1.54, 1.807) is 77.4 Å². The summed E-state index contributed by atoms with van der Waals surface area (Å²) in [7, 11) is 0. The maximum atomic E-state index is 13.4. The van der Waals surface area contributed by atoms with Crippen LogP contribution in [0.3, 0.4) is 0 Å². The van der Waals surface area contributed by atoms with E-state index in [1.165, 1.54) is 6.07 Å². The number of benzene rings is 3. The molecule has 1 N–H and O–H groups in total. The lowest BCUT2D eigenvalue weighted by atomic mass is 10.1. The second kappa shape index (κ2) is 12.3. The summed E-state index contributed by atoms with van der Waals surface area (Å²) in [5.41, 5.74) is 1.98. The smallest absolute Gasteiger partial charge is 0.428 e. The van der Waals surface area contributed by atoms with Gasteiger partial charge in [-0.15, -0.1) is 0 Å².